The van der Waals surface area contributed by atoms with Gasteiger partial charge in [0.1, 0.15) is 6.04 Å². The van der Waals surface area contributed by atoms with E-state index in [1.54, 1.807) is 18.2 Å². The molecule has 3 aliphatic rings. The number of hydrogen-bond acceptors (Lipinski definition) is 14. The number of anilines is 1. The number of fused-ring (bicyclic) bond motifs is 1. The van der Waals surface area contributed by atoms with Gasteiger partial charge in [0, 0.05) is 25.3 Å². The molecule has 2 fully saturated rings. The van der Waals surface area contributed by atoms with Crippen LogP contribution >= 0.6 is 0 Å². The average Bonchev–Trinajstić information content (AvgIpc) is 3.38. The molecule has 3 aliphatic heterocycles. The average molecular weight is 710 g/mol. The fraction of sp³-hybridized carbons (Fsp3) is 0.706. The quantitative estimate of drug-likeness (QED) is 0.0982. The molecule has 0 aliphatic carbocycles. The lowest BCUT2D eigenvalue weighted by Gasteiger charge is -2.27. The Balaban J connectivity index is 0.884. The van der Waals surface area contributed by atoms with E-state index in [4.69, 9.17) is 42.6 Å². The van der Waals surface area contributed by atoms with Crippen molar-refractivity contribution in [2.75, 3.05) is 118 Å². The zero-order chi connectivity index (χ0) is 35.2. The van der Waals surface area contributed by atoms with Crippen molar-refractivity contribution in [1.82, 2.24) is 10.2 Å². The molecule has 0 saturated carbocycles. The molecule has 0 radical (unpaired) electrons. The normalized spacial score (nSPS) is 19.2. The van der Waals surface area contributed by atoms with Crippen molar-refractivity contribution >= 4 is 29.3 Å². The van der Waals surface area contributed by atoms with Gasteiger partial charge in [0.25, 0.3) is 11.8 Å². The van der Waals surface area contributed by atoms with Gasteiger partial charge in [0.15, 0.2) is 6.29 Å². The Morgan fingerprint density at radius 2 is 1.24 bits per heavy atom. The van der Waals surface area contributed by atoms with Gasteiger partial charge < -0.3 is 47.9 Å². The molecule has 1 aromatic rings. The van der Waals surface area contributed by atoms with Gasteiger partial charge in [0.2, 0.25) is 11.8 Å². The second-order valence-corrected chi connectivity index (χ2v) is 11.6. The van der Waals surface area contributed by atoms with Crippen LogP contribution in [0.25, 0.3) is 0 Å². The molecule has 0 aromatic heterocycles. The van der Waals surface area contributed by atoms with E-state index >= 15 is 0 Å². The van der Waals surface area contributed by atoms with Crippen LogP contribution in [0.1, 0.15) is 52.8 Å². The van der Waals surface area contributed by atoms with Crippen molar-refractivity contribution < 1.29 is 61.8 Å². The number of nitrogens with zero attached hydrogens (tertiary/aromatic N) is 1. The van der Waals surface area contributed by atoms with Crippen LogP contribution in [0.2, 0.25) is 0 Å². The minimum Gasteiger partial charge on any atom is -0.382 e. The molecule has 4 amide bonds. The number of carbonyl (C=O) groups is 4. The molecule has 2 unspecified atom stereocenters. The summed E-state index contributed by atoms with van der Waals surface area (Å²) in [7, 11) is 0. The number of amides is 4. The number of imide groups is 2. The van der Waals surface area contributed by atoms with Gasteiger partial charge in [-0.1, -0.05) is 6.07 Å². The van der Waals surface area contributed by atoms with Gasteiger partial charge in [-0.3, -0.25) is 29.4 Å². The van der Waals surface area contributed by atoms with Gasteiger partial charge in [-0.2, -0.15) is 0 Å². The van der Waals surface area contributed by atoms with Crippen molar-refractivity contribution in [3.63, 3.8) is 0 Å². The SMILES string of the molecule is O=C1CCC(N2C(=O)c3cccc(NCCOCCOCCOCCOCCOCCOCCOCCOC4CCCCO4)c3C2=O)C(=O)N1. The maximum Gasteiger partial charge on any atom is 0.264 e. The Hall–Kier alpha value is -3.06. The Morgan fingerprint density at radius 3 is 1.78 bits per heavy atom. The molecule has 1 aromatic carbocycles. The Bertz CT molecular complexity index is 1200. The van der Waals surface area contributed by atoms with Gasteiger partial charge in [0.05, 0.1) is 110 Å². The molecule has 2 N–H and O–H groups in total. The van der Waals surface area contributed by atoms with Crippen molar-refractivity contribution in [3.8, 4) is 0 Å². The Kier molecular flexibility index (Phi) is 18.6. The molecular weight excluding hydrogens is 658 g/mol. The van der Waals surface area contributed by atoms with Crippen molar-refractivity contribution in [2.45, 2.75) is 44.4 Å². The first kappa shape index (κ1) is 39.7. The van der Waals surface area contributed by atoms with Gasteiger partial charge in [-0.15, -0.1) is 0 Å². The molecule has 16 nitrogen and oxygen atoms in total. The van der Waals surface area contributed by atoms with Crippen molar-refractivity contribution in [3.05, 3.63) is 29.3 Å². The number of carbonyl (C=O) groups excluding carboxylic acids is 4. The number of benzene rings is 1. The third-order valence-electron chi connectivity index (χ3n) is 7.93. The monoisotopic (exact) mass is 709 g/mol. The van der Waals surface area contributed by atoms with Crippen LogP contribution in [0.15, 0.2) is 18.2 Å². The van der Waals surface area contributed by atoms with Gasteiger partial charge in [-0.05, 0) is 37.8 Å². The second kappa shape index (κ2) is 23.4. The first-order valence-electron chi connectivity index (χ1n) is 17.4. The van der Waals surface area contributed by atoms with Crippen LogP contribution < -0.4 is 10.6 Å². The summed E-state index contributed by atoms with van der Waals surface area (Å²) in [4.78, 5) is 50.8. The maximum absolute atomic E-state index is 13.1. The molecule has 3 heterocycles. The lowest BCUT2D eigenvalue weighted by Crippen LogP contribution is -2.54. The number of ether oxygens (including phenoxy) is 9. The molecule has 0 bridgehead atoms. The van der Waals surface area contributed by atoms with E-state index in [2.05, 4.69) is 10.6 Å². The van der Waals surface area contributed by atoms with E-state index in [0.717, 1.165) is 30.8 Å². The fourth-order valence-corrected chi connectivity index (χ4v) is 5.42. The molecule has 16 heteroatoms. The Morgan fingerprint density at radius 1 is 0.680 bits per heavy atom. The van der Waals surface area contributed by atoms with E-state index in [1.807, 2.05) is 0 Å². The van der Waals surface area contributed by atoms with E-state index in [9.17, 15) is 19.2 Å². The second-order valence-electron chi connectivity index (χ2n) is 11.6. The van der Waals surface area contributed by atoms with E-state index in [0.29, 0.717) is 111 Å². The minimum atomic E-state index is -1.01. The summed E-state index contributed by atoms with van der Waals surface area (Å²) in [5.41, 5.74) is 0.917. The fourth-order valence-electron chi connectivity index (χ4n) is 5.42. The largest absolute Gasteiger partial charge is 0.382 e. The van der Waals surface area contributed by atoms with Crippen molar-refractivity contribution in [1.29, 1.82) is 0 Å². The maximum atomic E-state index is 13.1. The lowest BCUT2D eigenvalue weighted by molar-refractivity contribution is -0.169. The lowest BCUT2D eigenvalue weighted by atomic mass is 10.0. The van der Waals surface area contributed by atoms with E-state index in [1.165, 1.54) is 0 Å². The summed E-state index contributed by atoms with van der Waals surface area (Å²) >= 11 is 0. The van der Waals surface area contributed by atoms with Crippen LogP contribution in [0.3, 0.4) is 0 Å². The zero-order valence-electron chi connectivity index (χ0n) is 28.7. The summed E-state index contributed by atoms with van der Waals surface area (Å²) in [6.07, 6.45) is 3.31. The first-order chi connectivity index (χ1) is 24.6. The van der Waals surface area contributed by atoms with Crippen LogP contribution in [0, 0.1) is 0 Å². The Labute approximate surface area is 292 Å². The number of piperidine rings is 1. The predicted molar refractivity (Wildman–Crippen MR) is 177 cm³/mol. The third-order valence-corrected chi connectivity index (χ3v) is 7.93. The topological polar surface area (TPSA) is 179 Å². The van der Waals surface area contributed by atoms with Crippen molar-refractivity contribution in [2.24, 2.45) is 0 Å². The van der Waals surface area contributed by atoms with Gasteiger partial charge in [-0.25, -0.2) is 0 Å². The highest BCUT2D eigenvalue weighted by Crippen LogP contribution is 2.32. The van der Waals surface area contributed by atoms with Crippen LogP contribution in [0.5, 0.6) is 0 Å². The standard InChI is InChI=1S/C34H51N3O13/c38-29-8-7-28(32(39)36-29)37-33(40)26-4-3-5-27(31(26)34(37)41)35-9-11-42-12-13-43-14-15-44-16-17-45-18-19-46-20-21-47-22-23-48-24-25-50-30-6-1-2-10-49-30/h3-5,28,30,35H,1-2,6-25H2,(H,36,38,39). The van der Waals surface area contributed by atoms with Crippen LogP contribution in [-0.4, -0.2) is 153 Å². The molecule has 0 spiro atoms. The minimum absolute atomic E-state index is 0.0687. The van der Waals surface area contributed by atoms with E-state index in [-0.39, 0.29) is 30.3 Å². The molecule has 2 atom stereocenters. The van der Waals surface area contributed by atoms with E-state index < -0.39 is 29.7 Å². The highest BCUT2D eigenvalue weighted by atomic mass is 16.7. The first-order valence-corrected chi connectivity index (χ1v) is 17.4. The number of hydrogen-bond donors (Lipinski definition) is 2. The summed E-state index contributed by atoms with van der Waals surface area (Å²) in [5, 5.41) is 5.33. The summed E-state index contributed by atoms with van der Waals surface area (Å²) in [6.45, 7) is 8.08. The van der Waals surface area contributed by atoms with Crippen LogP contribution in [-0.2, 0) is 52.2 Å². The van der Waals surface area contributed by atoms with Gasteiger partial charge >= 0.3 is 0 Å². The third kappa shape index (κ3) is 13.6. The summed E-state index contributed by atoms with van der Waals surface area (Å²) in [6, 6.07) is 3.91. The summed E-state index contributed by atoms with van der Waals surface area (Å²) in [5.74, 6) is -2.16. The summed E-state index contributed by atoms with van der Waals surface area (Å²) < 4.78 is 49.6. The number of nitrogens with one attached hydrogen (secondary N) is 2. The molecule has 280 valence electrons. The molecule has 50 heavy (non-hydrogen) atoms. The van der Waals surface area contributed by atoms with Crippen LogP contribution in [0.4, 0.5) is 5.69 Å². The highest BCUT2D eigenvalue weighted by molar-refractivity contribution is 6.25. The molecule has 4 rings (SSSR count). The highest BCUT2D eigenvalue weighted by Gasteiger charge is 2.45. The number of rotatable bonds is 27. The predicted octanol–water partition coefficient (Wildman–Crippen LogP) is 1.16. The smallest absolute Gasteiger partial charge is 0.264 e. The molecular formula is C34H51N3O13. The molecule has 2 saturated heterocycles. The zero-order valence-corrected chi connectivity index (χ0v) is 28.7.